The van der Waals surface area contributed by atoms with Gasteiger partial charge in [-0.2, -0.15) is 0 Å². The van der Waals surface area contributed by atoms with E-state index in [1.54, 1.807) is 0 Å². The lowest BCUT2D eigenvalue weighted by molar-refractivity contribution is 0.0698. The van der Waals surface area contributed by atoms with Crippen molar-refractivity contribution in [3.8, 4) is 0 Å². The number of nitrogens with two attached hydrogens (primary N) is 1. The van der Waals surface area contributed by atoms with Crippen molar-refractivity contribution in [3.05, 3.63) is 47.4 Å². The number of nitrogen functional groups attached to an aromatic ring is 1. The number of nitrogens with one attached hydrogen (secondary N) is 1. The standard InChI is InChI=1S/C12H8F3N3O2/c13-6-2-8(15)10(3-7(6)14)18-11-1-5(12(19)20)9(16)4-17-11/h1-4H,16H2,(H,17,18)(H,19,20). The van der Waals surface area contributed by atoms with Crippen LogP contribution < -0.4 is 11.1 Å². The van der Waals surface area contributed by atoms with Crippen molar-refractivity contribution < 1.29 is 23.1 Å². The molecule has 0 radical (unpaired) electrons. The molecule has 20 heavy (non-hydrogen) atoms. The van der Waals surface area contributed by atoms with E-state index in [2.05, 4.69) is 10.3 Å². The molecule has 0 saturated heterocycles. The Hall–Kier alpha value is -2.77. The molecule has 1 aromatic heterocycles. The fraction of sp³-hybridized carbons (Fsp3) is 0. The first-order valence-electron chi connectivity index (χ1n) is 5.29. The van der Waals surface area contributed by atoms with Crippen molar-refractivity contribution in [1.29, 1.82) is 0 Å². The van der Waals surface area contributed by atoms with Gasteiger partial charge < -0.3 is 16.2 Å². The third-order valence-electron chi connectivity index (χ3n) is 2.44. The van der Waals surface area contributed by atoms with Gasteiger partial charge in [-0.15, -0.1) is 0 Å². The van der Waals surface area contributed by atoms with Crippen LogP contribution in [0, 0.1) is 17.5 Å². The maximum atomic E-state index is 13.4. The van der Waals surface area contributed by atoms with Gasteiger partial charge in [-0.1, -0.05) is 0 Å². The molecule has 2 rings (SSSR count). The number of hydrogen-bond donors (Lipinski definition) is 3. The lowest BCUT2D eigenvalue weighted by Gasteiger charge is -2.09. The summed E-state index contributed by atoms with van der Waals surface area (Å²) in [7, 11) is 0. The van der Waals surface area contributed by atoms with Crippen LogP contribution in [-0.2, 0) is 0 Å². The van der Waals surface area contributed by atoms with Crippen LogP contribution in [-0.4, -0.2) is 16.1 Å². The molecule has 2 aromatic rings. The second-order valence-electron chi connectivity index (χ2n) is 3.83. The molecule has 4 N–H and O–H groups in total. The van der Waals surface area contributed by atoms with Crippen LogP contribution in [0.3, 0.4) is 0 Å². The van der Waals surface area contributed by atoms with E-state index in [1.807, 2.05) is 0 Å². The number of nitrogens with zero attached hydrogens (tertiary/aromatic N) is 1. The van der Waals surface area contributed by atoms with Crippen molar-refractivity contribution in [2.75, 3.05) is 11.1 Å². The predicted octanol–water partition coefficient (Wildman–Crippen LogP) is 2.52. The molecule has 104 valence electrons. The zero-order valence-electron chi connectivity index (χ0n) is 9.82. The number of aromatic carboxylic acids is 1. The SMILES string of the molecule is Nc1cnc(Nc2cc(F)c(F)cc2F)cc1C(=O)O. The Bertz CT molecular complexity index is 692. The number of anilines is 3. The van der Waals surface area contributed by atoms with Crippen LogP contribution in [0.25, 0.3) is 0 Å². The molecule has 1 heterocycles. The van der Waals surface area contributed by atoms with Gasteiger partial charge in [0.05, 0.1) is 23.1 Å². The molecular formula is C12H8F3N3O2. The number of hydrogen-bond acceptors (Lipinski definition) is 4. The quantitative estimate of drug-likeness (QED) is 0.753. The highest BCUT2D eigenvalue weighted by atomic mass is 19.2. The van der Waals surface area contributed by atoms with Crippen LogP contribution in [0.15, 0.2) is 24.4 Å². The fourth-order valence-corrected chi connectivity index (χ4v) is 1.48. The minimum absolute atomic E-state index is 0.0680. The molecule has 0 spiro atoms. The number of rotatable bonds is 3. The van der Waals surface area contributed by atoms with Crippen molar-refractivity contribution in [2.24, 2.45) is 0 Å². The van der Waals surface area contributed by atoms with E-state index in [0.717, 1.165) is 12.3 Å². The minimum atomic E-state index is -1.33. The molecular weight excluding hydrogens is 275 g/mol. The summed E-state index contributed by atoms with van der Waals surface area (Å²) in [5, 5.41) is 11.2. The summed E-state index contributed by atoms with van der Waals surface area (Å²) in [6.45, 7) is 0. The molecule has 0 aliphatic carbocycles. The third kappa shape index (κ3) is 2.63. The van der Waals surface area contributed by atoms with Crippen LogP contribution in [0.4, 0.5) is 30.4 Å². The Labute approximate surface area is 110 Å². The van der Waals surface area contributed by atoms with Crippen LogP contribution in [0.5, 0.6) is 0 Å². The fourth-order valence-electron chi connectivity index (χ4n) is 1.48. The average Bonchev–Trinajstić information content (AvgIpc) is 2.37. The summed E-state index contributed by atoms with van der Waals surface area (Å²) >= 11 is 0. The van der Waals surface area contributed by atoms with Gasteiger partial charge in [0.2, 0.25) is 0 Å². The molecule has 0 aliphatic heterocycles. The van der Waals surface area contributed by atoms with Gasteiger partial charge in [0.1, 0.15) is 11.6 Å². The van der Waals surface area contributed by atoms with Crippen LogP contribution in [0.1, 0.15) is 10.4 Å². The smallest absolute Gasteiger partial charge is 0.337 e. The van der Waals surface area contributed by atoms with Crippen molar-refractivity contribution in [2.45, 2.75) is 0 Å². The Kier molecular flexibility index (Phi) is 3.47. The molecule has 0 atom stereocenters. The number of aromatic nitrogens is 1. The maximum absolute atomic E-state index is 13.4. The average molecular weight is 283 g/mol. The predicted molar refractivity (Wildman–Crippen MR) is 65.2 cm³/mol. The van der Waals surface area contributed by atoms with E-state index in [-0.39, 0.29) is 22.8 Å². The summed E-state index contributed by atoms with van der Waals surface area (Å²) in [4.78, 5) is 14.6. The van der Waals surface area contributed by atoms with Gasteiger partial charge in [-0.3, -0.25) is 0 Å². The van der Waals surface area contributed by atoms with Gasteiger partial charge in [-0.25, -0.2) is 22.9 Å². The zero-order valence-corrected chi connectivity index (χ0v) is 9.82. The molecule has 0 saturated carbocycles. The summed E-state index contributed by atoms with van der Waals surface area (Å²) in [5.41, 5.74) is 4.71. The second-order valence-corrected chi connectivity index (χ2v) is 3.83. The number of carboxylic acids is 1. The Balaban J connectivity index is 2.38. The molecule has 8 heteroatoms. The van der Waals surface area contributed by atoms with Gasteiger partial charge >= 0.3 is 5.97 Å². The van der Waals surface area contributed by atoms with Crippen molar-refractivity contribution >= 4 is 23.2 Å². The third-order valence-corrected chi connectivity index (χ3v) is 2.44. The number of carboxylic acid groups (broad SMARTS) is 1. The minimum Gasteiger partial charge on any atom is -0.478 e. The van der Waals surface area contributed by atoms with Crippen LogP contribution >= 0.6 is 0 Å². The van der Waals surface area contributed by atoms with E-state index in [9.17, 15) is 18.0 Å². The van der Waals surface area contributed by atoms with E-state index in [1.165, 1.54) is 0 Å². The highest BCUT2D eigenvalue weighted by Gasteiger charge is 2.13. The molecule has 1 aromatic carbocycles. The second kappa shape index (κ2) is 5.08. The molecule has 0 aliphatic rings. The van der Waals surface area contributed by atoms with E-state index < -0.39 is 23.4 Å². The Morgan fingerprint density at radius 1 is 1.15 bits per heavy atom. The highest BCUT2D eigenvalue weighted by molar-refractivity contribution is 5.94. The normalized spacial score (nSPS) is 10.3. The van der Waals surface area contributed by atoms with Gasteiger partial charge in [-0.05, 0) is 6.07 Å². The number of benzene rings is 1. The summed E-state index contributed by atoms with van der Waals surface area (Å²) in [6, 6.07) is 2.02. The molecule has 5 nitrogen and oxygen atoms in total. The number of halogens is 3. The van der Waals surface area contributed by atoms with Crippen LogP contribution in [0.2, 0.25) is 0 Å². The largest absolute Gasteiger partial charge is 0.478 e. The lowest BCUT2D eigenvalue weighted by atomic mass is 10.2. The zero-order chi connectivity index (χ0) is 14.9. The first-order valence-corrected chi connectivity index (χ1v) is 5.29. The van der Waals surface area contributed by atoms with Gasteiger partial charge in [0.15, 0.2) is 11.6 Å². The Morgan fingerprint density at radius 2 is 1.80 bits per heavy atom. The van der Waals surface area contributed by atoms with Gasteiger partial charge in [0.25, 0.3) is 0 Å². The van der Waals surface area contributed by atoms with Crippen molar-refractivity contribution in [3.63, 3.8) is 0 Å². The number of carbonyl (C=O) groups is 1. The first-order chi connectivity index (χ1) is 9.38. The first kappa shape index (κ1) is 13.7. The summed E-state index contributed by atoms with van der Waals surface area (Å²) in [6.07, 6.45) is 1.06. The lowest BCUT2D eigenvalue weighted by Crippen LogP contribution is -2.05. The van der Waals surface area contributed by atoms with E-state index >= 15 is 0 Å². The topological polar surface area (TPSA) is 88.2 Å². The highest BCUT2D eigenvalue weighted by Crippen LogP contribution is 2.23. The Morgan fingerprint density at radius 3 is 2.45 bits per heavy atom. The monoisotopic (exact) mass is 283 g/mol. The van der Waals surface area contributed by atoms with E-state index in [0.29, 0.717) is 12.1 Å². The summed E-state index contributed by atoms with van der Waals surface area (Å²) < 4.78 is 39.2. The van der Waals surface area contributed by atoms with Gasteiger partial charge in [0, 0.05) is 12.1 Å². The number of pyridine rings is 1. The molecule has 0 unspecified atom stereocenters. The molecule has 0 amide bonds. The van der Waals surface area contributed by atoms with Crippen molar-refractivity contribution in [1.82, 2.24) is 4.98 Å². The molecule has 0 fully saturated rings. The molecule has 0 bridgehead atoms. The summed E-state index contributed by atoms with van der Waals surface area (Å²) in [5.74, 6) is -4.98. The maximum Gasteiger partial charge on any atom is 0.337 e. The van der Waals surface area contributed by atoms with E-state index in [4.69, 9.17) is 10.8 Å².